The number of benzene rings is 2. The third kappa shape index (κ3) is 4.18. The van der Waals surface area contributed by atoms with Crippen LogP contribution in [0.2, 0.25) is 0 Å². The van der Waals surface area contributed by atoms with Gasteiger partial charge in [0.05, 0.1) is 28.1 Å². The Morgan fingerprint density at radius 2 is 1.93 bits per heavy atom. The molecule has 0 atom stereocenters. The van der Waals surface area contributed by atoms with Crippen LogP contribution in [0.1, 0.15) is 5.56 Å². The van der Waals surface area contributed by atoms with Gasteiger partial charge in [0.25, 0.3) is 5.91 Å². The first-order valence-electron chi connectivity index (χ1n) is 7.97. The zero-order valence-electron chi connectivity index (χ0n) is 14.6. The Balaban J connectivity index is 1.97. The molecule has 0 saturated heterocycles. The van der Waals surface area contributed by atoms with Gasteiger partial charge in [-0.05, 0) is 23.8 Å². The Morgan fingerprint density at radius 3 is 2.54 bits per heavy atom. The van der Waals surface area contributed by atoms with Crippen molar-refractivity contribution in [2.24, 2.45) is 4.99 Å². The van der Waals surface area contributed by atoms with Gasteiger partial charge in [0.1, 0.15) is 5.82 Å². The largest absolute Gasteiger partial charge is 0.302 e. The normalized spacial score (nSPS) is 12.3. The predicted octanol–water partition coefficient (Wildman–Crippen LogP) is 2.69. The fourth-order valence-electron chi connectivity index (χ4n) is 2.63. The smallest absolute Gasteiger partial charge is 0.252 e. The number of fused-ring (bicyclic) bond motifs is 1. The molecular formula is C19H14F2N2O3S2. The molecule has 0 spiro atoms. The molecule has 2 aromatic carbocycles. The van der Waals surface area contributed by atoms with Crippen LogP contribution in [0.15, 0.2) is 46.3 Å². The van der Waals surface area contributed by atoms with Crippen molar-refractivity contribution in [3.05, 3.63) is 58.4 Å². The quantitative estimate of drug-likeness (QED) is 0.610. The number of hydrogen-bond acceptors (Lipinski definition) is 4. The Morgan fingerprint density at radius 1 is 1.25 bits per heavy atom. The second-order valence-electron chi connectivity index (χ2n) is 6.01. The molecule has 0 radical (unpaired) electrons. The van der Waals surface area contributed by atoms with E-state index < -0.39 is 27.4 Å². The first-order chi connectivity index (χ1) is 13.2. The maximum atomic E-state index is 14.2. The molecule has 0 N–H and O–H groups in total. The molecule has 1 aromatic heterocycles. The van der Waals surface area contributed by atoms with Crippen LogP contribution in [0.4, 0.5) is 8.78 Å². The molecule has 5 nitrogen and oxygen atoms in total. The second-order valence-corrected chi connectivity index (χ2v) is 9.03. The Kier molecular flexibility index (Phi) is 5.45. The van der Waals surface area contributed by atoms with Crippen molar-refractivity contribution in [1.29, 1.82) is 0 Å². The lowest BCUT2D eigenvalue weighted by Crippen LogP contribution is -2.17. The number of carbonyl (C=O) groups excluding carboxylic acids is 1. The number of halogens is 2. The predicted molar refractivity (Wildman–Crippen MR) is 102 cm³/mol. The van der Waals surface area contributed by atoms with Crippen molar-refractivity contribution in [1.82, 2.24) is 4.57 Å². The van der Waals surface area contributed by atoms with E-state index in [0.717, 1.165) is 29.7 Å². The van der Waals surface area contributed by atoms with E-state index in [9.17, 15) is 22.0 Å². The van der Waals surface area contributed by atoms with Crippen molar-refractivity contribution < 1.29 is 22.0 Å². The van der Waals surface area contributed by atoms with Gasteiger partial charge >= 0.3 is 0 Å². The third-order valence-corrected chi connectivity index (χ3v) is 6.03. The van der Waals surface area contributed by atoms with Gasteiger partial charge in [-0.1, -0.05) is 29.4 Å². The molecule has 3 rings (SSSR count). The average Bonchev–Trinajstić information content (AvgIpc) is 2.92. The first-order valence-corrected chi connectivity index (χ1v) is 10.7. The molecule has 0 aliphatic heterocycles. The SMILES string of the molecule is C#CCn1c(=NC(=O)Cc2ccc(S(C)(=O)=O)cc2)sc2cc(F)cc(F)c21. The number of amides is 1. The van der Waals surface area contributed by atoms with Crippen LogP contribution in [-0.2, 0) is 27.6 Å². The van der Waals surface area contributed by atoms with Gasteiger partial charge in [-0.25, -0.2) is 17.2 Å². The van der Waals surface area contributed by atoms with E-state index in [2.05, 4.69) is 10.9 Å². The van der Waals surface area contributed by atoms with Gasteiger partial charge in [-0.3, -0.25) is 4.79 Å². The third-order valence-electron chi connectivity index (χ3n) is 3.87. The van der Waals surface area contributed by atoms with E-state index in [1.807, 2.05) is 0 Å². The molecule has 9 heteroatoms. The molecule has 0 aliphatic rings. The van der Waals surface area contributed by atoms with Crippen LogP contribution in [0, 0.1) is 24.0 Å². The second kappa shape index (κ2) is 7.66. The average molecular weight is 420 g/mol. The molecule has 0 aliphatic carbocycles. The molecule has 0 saturated carbocycles. The molecule has 144 valence electrons. The van der Waals surface area contributed by atoms with E-state index in [4.69, 9.17) is 6.42 Å². The van der Waals surface area contributed by atoms with Gasteiger partial charge in [0, 0.05) is 12.3 Å². The number of hydrogen-bond donors (Lipinski definition) is 0. The van der Waals surface area contributed by atoms with Gasteiger partial charge in [-0.15, -0.1) is 6.42 Å². The summed E-state index contributed by atoms with van der Waals surface area (Å²) in [5.41, 5.74) is 0.663. The number of aromatic nitrogens is 1. The summed E-state index contributed by atoms with van der Waals surface area (Å²) in [4.78, 5) is 16.6. The lowest BCUT2D eigenvalue weighted by Gasteiger charge is -2.02. The zero-order valence-corrected chi connectivity index (χ0v) is 16.3. The minimum atomic E-state index is -3.33. The zero-order chi connectivity index (χ0) is 20.5. The molecule has 1 heterocycles. The topological polar surface area (TPSA) is 68.5 Å². The number of sulfone groups is 1. The standard InChI is InChI=1S/C19H14F2N2O3S2/c1-3-8-23-18-15(21)10-13(20)11-16(18)27-19(23)22-17(24)9-12-4-6-14(7-5-12)28(2,25)26/h1,4-7,10-11H,8-9H2,2H3. The maximum absolute atomic E-state index is 14.2. The van der Waals surface area contributed by atoms with Crippen LogP contribution >= 0.6 is 11.3 Å². The van der Waals surface area contributed by atoms with E-state index in [1.165, 1.54) is 28.8 Å². The van der Waals surface area contributed by atoms with E-state index >= 15 is 0 Å². The highest BCUT2D eigenvalue weighted by Gasteiger charge is 2.14. The van der Waals surface area contributed by atoms with Crippen LogP contribution in [0.3, 0.4) is 0 Å². The fraction of sp³-hybridized carbons (Fsp3) is 0.158. The van der Waals surface area contributed by atoms with Crippen molar-refractivity contribution >= 4 is 37.3 Å². The van der Waals surface area contributed by atoms with Crippen LogP contribution < -0.4 is 4.80 Å². The number of terminal acetylenes is 1. The van der Waals surface area contributed by atoms with Crippen LogP contribution in [-0.4, -0.2) is 25.1 Å². The molecule has 0 bridgehead atoms. The van der Waals surface area contributed by atoms with Gasteiger partial charge in [0.15, 0.2) is 20.5 Å². The fourth-order valence-corrected chi connectivity index (χ4v) is 4.34. The van der Waals surface area contributed by atoms with Gasteiger partial charge in [-0.2, -0.15) is 4.99 Å². The van der Waals surface area contributed by atoms with Gasteiger partial charge < -0.3 is 4.57 Å². The Labute approximate surface area is 163 Å². The monoisotopic (exact) mass is 420 g/mol. The van der Waals surface area contributed by atoms with Crippen molar-refractivity contribution in [2.45, 2.75) is 17.9 Å². The maximum Gasteiger partial charge on any atom is 0.252 e. The lowest BCUT2D eigenvalue weighted by atomic mass is 10.1. The molecule has 0 fully saturated rings. The van der Waals surface area contributed by atoms with Crippen molar-refractivity contribution in [3.8, 4) is 12.3 Å². The summed E-state index contributed by atoms with van der Waals surface area (Å²) in [7, 11) is -3.33. The molecule has 0 unspecified atom stereocenters. The molecule has 3 aromatic rings. The highest BCUT2D eigenvalue weighted by molar-refractivity contribution is 7.90. The first kappa shape index (κ1) is 19.9. The minimum Gasteiger partial charge on any atom is -0.302 e. The highest BCUT2D eigenvalue weighted by atomic mass is 32.2. The number of thiazole rings is 1. The Hall–Kier alpha value is -2.83. The number of rotatable bonds is 4. The van der Waals surface area contributed by atoms with Crippen molar-refractivity contribution in [2.75, 3.05) is 6.26 Å². The molecular weight excluding hydrogens is 406 g/mol. The van der Waals surface area contributed by atoms with E-state index in [-0.39, 0.29) is 32.9 Å². The summed E-state index contributed by atoms with van der Waals surface area (Å²) in [6.07, 6.45) is 6.34. The summed E-state index contributed by atoms with van der Waals surface area (Å²) in [6.45, 7) is -0.0300. The summed E-state index contributed by atoms with van der Waals surface area (Å²) in [6, 6.07) is 7.78. The van der Waals surface area contributed by atoms with E-state index in [1.54, 1.807) is 0 Å². The lowest BCUT2D eigenvalue weighted by molar-refractivity contribution is -0.117. The van der Waals surface area contributed by atoms with E-state index in [0.29, 0.717) is 5.56 Å². The van der Waals surface area contributed by atoms with Crippen molar-refractivity contribution in [3.63, 3.8) is 0 Å². The minimum absolute atomic E-state index is 0.0300. The van der Waals surface area contributed by atoms with Crippen LogP contribution in [0.5, 0.6) is 0 Å². The molecule has 1 amide bonds. The van der Waals surface area contributed by atoms with Crippen LogP contribution in [0.25, 0.3) is 10.2 Å². The molecule has 28 heavy (non-hydrogen) atoms. The van der Waals surface area contributed by atoms with Gasteiger partial charge in [0.2, 0.25) is 0 Å². The highest BCUT2D eigenvalue weighted by Crippen LogP contribution is 2.22. The summed E-state index contributed by atoms with van der Waals surface area (Å²) in [5, 5.41) is 0. The number of nitrogens with zero attached hydrogens (tertiary/aromatic N) is 2. The summed E-state index contributed by atoms with van der Waals surface area (Å²) < 4.78 is 52.2. The summed E-state index contributed by atoms with van der Waals surface area (Å²) >= 11 is 0.957. The Bertz CT molecular complexity index is 1280. The summed E-state index contributed by atoms with van der Waals surface area (Å²) in [5.74, 6) is 0.327. The number of carbonyl (C=O) groups is 1.